The molecule has 1 aromatic rings. The Balaban J connectivity index is 1.53. The van der Waals surface area contributed by atoms with E-state index in [0.717, 1.165) is 29.6 Å². The van der Waals surface area contributed by atoms with Crippen molar-refractivity contribution in [3.05, 3.63) is 29.8 Å². The predicted molar refractivity (Wildman–Crippen MR) is 93.5 cm³/mol. The minimum atomic E-state index is 0.146. The summed E-state index contributed by atoms with van der Waals surface area (Å²) in [4.78, 5) is 0. The largest absolute Gasteiger partial charge is 0.487 e. The Labute approximate surface area is 140 Å². The summed E-state index contributed by atoms with van der Waals surface area (Å²) in [6.07, 6.45) is 7.96. The quantitative estimate of drug-likeness (QED) is 0.616. The van der Waals surface area contributed by atoms with E-state index in [1.165, 1.54) is 49.8 Å². The molecule has 3 saturated carbocycles. The number of ether oxygens (including phenoxy) is 1. The first-order valence-corrected chi connectivity index (χ1v) is 9.80. The lowest BCUT2D eigenvalue weighted by molar-refractivity contribution is -0.0389. The minimum Gasteiger partial charge on any atom is -0.487 e. The minimum absolute atomic E-state index is 0.146. The Morgan fingerprint density at radius 1 is 1.00 bits per heavy atom. The van der Waals surface area contributed by atoms with Gasteiger partial charge in [-0.05, 0) is 72.8 Å². The highest BCUT2D eigenvalue weighted by Crippen LogP contribution is 2.72. The van der Waals surface area contributed by atoms with Gasteiger partial charge in [-0.1, -0.05) is 45.4 Å². The third-order valence-corrected chi connectivity index (χ3v) is 8.27. The van der Waals surface area contributed by atoms with Crippen LogP contribution in [-0.4, -0.2) is 5.60 Å². The van der Waals surface area contributed by atoms with Gasteiger partial charge < -0.3 is 4.74 Å². The molecule has 0 aromatic heterocycles. The van der Waals surface area contributed by atoms with Gasteiger partial charge in [0.2, 0.25) is 0 Å². The summed E-state index contributed by atoms with van der Waals surface area (Å²) in [5.74, 6) is 5.70. The number of hydrogen-bond donors (Lipinski definition) is 0. The van der Waals surface area contributed by atoms with Crippen LogP contribution in [0, 0.1) is 35.0 Å². The molecule has 124 valence electrons. The summed E-state index contributed by atoms with van der Waals surface area (Å²) in [7, 11) is 0. The first kappa shape index (κ1) is 14.4. The highest BCUT2D eigenvalue weighted by atomic mass is 16.5. The van der Waals surface area contributed by atoms with Crippen LogP contribution in [0.25, 0.3) is 0 Å². The van der Waals surface area contributed by atoms with Crippen molar-refractivity contribution in [1.29, 1.82) is 0 Å². The Hall–Kier alpha value is -0.980. The zero-order valence-corrected chi connectivity index (χ0v) is 14.8. The molecule has 3 fully saturated rings. The first-order valence-electron chi connectivity index (χ1n) is 9.80. The predicted octanol–water partition coefficient (Wildman–Crippen LogP) is 5.48. The van der Waals surface area contributed by atoms with Crippen LogP contribution < -0.4 is 4.74 Å². The molecule has 0 N–H and O–H groups in total. The van der Waals surface area contributed by atoms with Crippen LogP contribution in [0.5, 0.6) is 5.75 Å². The second-order valence-electron chi connectivity index (χ2n) is 9.51. The van der Waals surface area contributed by atoms with Gasteiger partial charge in [-0.2, -0.15) is 0 Å². The standard InChI is InChI=1S/C22H30O/c1-14-8-9-16-19(14)20-17(21(20,2)3)11-13-22(16)12-10-15-6-4-5-7-18(15)23-22/h4-7,14,16-17,19-20H,8-13H2,1-3H3/t14?,16-,17+,19+,20+,22-/m0/s1. The summed E-state index contributed by atoms with van der Waals surface area (Å²) in [6, 6.07) is 8.77. The smallest absolute Gasteiger partial charge is 0.123 e. The van der Waals surface area contributed by atoms with E-state index in [4.69, 9.17) is 4.74 Å². The van der Waals surface area contributed by atoms with Gasteiger partial charge in [-0.15, -0.1) is 0 Å². The second-order valence-corrected chi connectivity index (χ2v) is 9.51. The maximum Gasteiger partial charge on any atom is 0.123 e. The molecule has 6 atom stereocenters. The van der Waals surface area contributed by atoms with Gasteiger partial charge in [-0.3, -0.25) is 0 Å². The van der Waals surface area contributed by atoms with E-state index in [0.29, 0.717) is 5.41 Å². The summed E-state index contributed by atoms with van der Waals surface area (Å²) in [5.41, 5.74) is 2.17. The van der Waals surface area contributed by atoms with Crippen molar-refractivity contribution in [3.63, 3.8) is 0 Å². The summed E-state index contributed by atoms with van der Waals surface area (Å²) >= 11 is 0. The highest BCUT2D eigenvalue weighted by Gasteiger charge is 2.68. The van der Waals surface area contributed by atoms with Gasteiger partial charge in [-0.25, -0.2) is 0 Å². The molecule has 1 aliphatic heterocycles. The van der Waals surface area contributed by atoms with Gasteiger partial charge in [0.05, 0.1) is 0 Å². The van der Waals surface area contributed by atoms with Crippen molar-refractivity contribution in [2.75, 3.05) is 0 Å². The van der Waals surface area contributed by atoms with E-state index in [1.54, 1.807) is 0 Å². The maximum absolute atomic E-state index is 6.84. The molecule has 0 saturated heterocycles. The molecule has 3 aliphatic carbocycles. The monoisotopic (exact) mass is 310 g/mol. The zero-order chi connectivity index (χ0) is 15.8. The van der Waals surface area contributed by atoms with E-state index >= 15 is 0 Å². The second kappa shape index (κ2) is 4.55. The van der Waals surface area contributed by atoms with Crippen molar-refractivity contribution in [2.45, 2.75) is 64.9 Å². The normalized spacial score (nSPS) is 46.3. The Morgan fingerprint density at radius 3 is 2.70 bits per heavy atom. The molecular weight excluding hydrogens is 280 g/mol. The lowest BCUT2D eigenvalue weighted by atomic mass is 9.70. The lowest BCUT2D eigenvalue weighted by Gasteiger charge is -2.45. The Morgan fingerprint density at radius 2 is 1.83 bits per heavy atom. The average molecular weight is 310 g/mol. The summed E-state index contributed by atoms with van der Waals surface area (Å²) < 4.78 is 6.84. The van der Waals surface area contributed by atoms with Gasteiger partial charge in [0.25, 0.3) is 0 Å². The number of hydrogen-bond acceptors (Lipinski definition) is 1. The maximum atomic E-state index is 6.84. The van der Waals surface area contributed by atoms with E-state index in [9.17, 15) is 0 Å². The van der Waals surface area contributed by atoms with Crippen molar-refractivity contribution < 1.29 is 4.74 Å². The first-order chi connectivity index (χ1) is 11.0. The van der Waals surface area contributed by atoms with Crippen LogP contribution in [0.4, 0.5) is 0 Å². The molecule has 1 nitrogen and oxygen atoms in total. The van der Waals surface area contributed by atoms with E-state index in [1.807, 2.05) is 0 Å². The third-order valence-electron chi connectivity index (χ3n) is 8.27. The average Bonchev–Trinajstić information content (AvgIpc) is 2.92. The van der Waals surface area contributed by atoms with Crippen LogP contribution in [0.3, 0.4) is 0 Å². The molecule has 0 radical (unpaired) electrons. The SMILES string of the molecule is CC1CC[C@H]2[C@@H]1[C@H]1[C@@H](CC[C@@]23CCc2ccccc2O3)C1(C)C. The number of para-hydroxylation sites is 1. The van der Waals surface area contributed by atoms with E-state index in [-0.39, 0.29) is 5.60 Å². The molecular formula is C22H30O. The molecule has 5 rings (SSSR count). The van der Waals surface area contributed by atoms with Gasteiger partial charge in [0.1, 0.15) is 11.4 Å². The molecule has 4 aliphatic rings. The fourth-order valence-corrected chi connectivity index (χ4v) is 6.99. The molecule has 1 heterocycles. The molecule has 0 amide bonds. The van der Waals surface area contributed by atoms with Crippen molar-refractivity contribution in [1.82, 2.24) is 0 Å². The molecule has 1 spiro atoms. The van der Waals surface area contributed by atoms with Crippen molar-refractivity contribution >= 4 is 0 Å². The van der Waals surface area contributed by atoms with Gasteiger partial charge >= 0.3 is 0 Å². The summed E-state index contributed by atoms with van der Waals surface area (Å²) in [5, 5.41) is 0. The highest BCUT2D eigenvalue weighted by molar-refractivity contribution is 5.37. The Kier molecular flexibility index (Phi) is 2.84. The van der Waals surface area contributed by atoms with Crippen LogP contribution in [0.15, 0.2) is 24.3 Å². The molecule has 23 heavy (non-hydrogen) atoms. The van der Waals surface area contributed by atoms with Crippen molar-refractivity contribution in [2.24, 2.45) is 35.0 Å². The third kappa shape index (κ3) is 1.86. The Bertz CT molecular complexity index is 633. The van der Waals surface area contributed by atoms with Crippen LogP contribution in [-0.2, 0) is 6.42 Å². The van der Waals surface area contributed by atoms with Gasteiger partial charge in [0, 0.05) is 5.92 Å². The molecule has 1 aromatic carbocycles. The van der Waals surface area contributed by atoms with Crippen LogP contribution in [0.2, 0.25) is 0 Å². The number of rotatable bonds is 0. The fourth-order valence-electron chi connectivity index (χ4n) is 6.99. The molecule has 1 unspecified atom stereocenters. The van der Waals surface area contributed by atoms with Crippen molar-refractivity contribution in [3.8, 4) is 5.75 Å². The van der Waals surface area contributed by atoms with Gasteiger partial charge in [0.15, 0.2) is 0 Å². The zero-order valence-electron chi connectivity index (χ0n) is 14.8. The number of aryl methyl sites for hydroxylation is 1. The lowest BCUT2D eigenvalue weighted by Crippen LogP contribution is -2.48. The fraction of sp³-hybridized carbons (Fsp3) is 0.727. The molecule has 0 bridgehead atoms. The summed E-state index contributed by atoms with van der Waals surface area (Å²) in [6.45, 7) is 7.57. The van der Waals surface area contributed by atoms with Crippen LogP contribution in [0.1, 0.15) is 58.4 Å². The topological polar surface area (TPSA) is 9.23 Å². The number of benzene rings is 1. The van der Waals surface area contributed by atoms with E-state index in [2.05, 4.69) is 45.0 Å². The van der Waals surface area contributed by atoms with E-state index < -0.39 is 0 Å². The van der Waals surface area contributed by atoms with Crippen LogP contribution >= 0.6 is 0 Å². The number of fused-ring (bicyclic) bond motifs is 5. The molecule has 1 heteroatoms.